The highest BCUT2D eigenvalue weighted by Crippen LogP contribution is 2.28. The minimum Gasteiger partial charge on any atom is -0.497 e. The van der Waals surface area contributed by atoms with Gasteiger partial charge in [-0.25, -0.2) is 0 Å². The van der Waals surface area contributed by atoms with Gasteiger partial charge in [-0.3, -0.25) is 19.5 Å². The molecule has 0 bridgehead atoms. The van der Waals surface area contributed by atoms with Gasteiger partial charge in [0.25, 0.3) is 0 Å². The lowest BCUT2D eigenvalue weighted by Crippen LogP contribution is -2.30. The fraction of sp³-hybridized carbons (Fsp3) is 0.357. The van der Waals surface area contributed by atoms with Crippen molar-refractivity contribution in [3.05, 3.63) is 24.3 Å². The molecule has 1 aliphatic rings. The van der Waals surface area contributed by atoms with Gasteiger partial charge in [-0.15, -0.1) is 0 Å². The molecule has 2 amide bonds. The first kappa shape index (κ1) is 15.4. The Kier molecular flexibility index (Phi) is 4.85. The van der Waals surface area contributed by atoms with Crippen LogP contribution in [-0.2, 0) is 9.59 Å². The van der Waals surface area contributed by atoms with Crippen molar-refractivity contribution < 1.29 is 14.3 Å². The molecule has 0 aliphatic carbocycles. The quantitative estimate of drug-likeness (QED) is 0.917. The molecule has 0 aromatic heterocycles. The monoisotopic (exact) mass is 307 g/mol. The third-order valence-electron chi connectivity index (χ3n) is 3.06. The molecule has 1 fully saturated rings. The molecule has 0 saturated carbocycles. The molecule has 1 saturated heterocycles. The standard InChI is InChI=1S/C14H17N3O3S/c1-15-14-17(2)13(19)11(21-14)8-12(18)16-9-5-4-6-10(7-9)20-3/h4-7,11H,8H2,1-3H3,(H,16,18). The van der Waals surface area contributed by atoms with E-state index in [1.807, 2.05) is 0 Å². The lowest BCUT2D eigenvalue weighted by atomic mass is 10.2. The van der Waals surface area contributed by atoms with E-state index in [4.69, 9.17) is 4.74 Å². The Balaban J connectivity index is 1.97. The summed E-state index contributed by atoms with van der Waals surface area (Å²) in [5.41, 5.74) is 0.646. The molecule has 1 unspecified atom stereocenters. The molecule has 6 nitrogen and oxygen atoms in total. The smallest absolute Gasteiger partial charge is 0.242 e. The summed E-state index contributed by atoms with van der Waals surface area (Å²) < 4.78 is 5.10. The Morgan fingerprint density at radius 3 is 2.90 bits per heavy atom. The highest BCUT2D eigenvalue weighted by atomic mass is 32.2. The van der Waals surface area contributed by atoms with E-state index in [1.54, 1.807) is 45.5 Å². The van der Waals surface area contributed by atoms with Crippen LogP contribution in [0, 0.1) is 0 Å². The number of ether oxygens (including phenoxy) is 1. The van der Waals surface area contributed by atoms with E-state index in [1.165, 1.54) is 16.7 Å². The number of hydrogen-bond donors (Lipinski definition) is 1. The maximum atomic E-state index is 12.0. The topological polar surface area (TPSA) is 71.0 Å². The third kappa shape index (κ3) is 3.55. The first-order valence-electron chi connectivity index (χ1n) is 6.40. The largest absolute Gasteiger partial charge is 0.497 e. The first-order chi connectivity index (χ1) is 10.0. The summed E-state index contributed by atoms with van der Waals surface area (Å²) in [6.07, 6.45) is 0.115. The summed E-state index contributed by atoms with van der Waals surface area (Å²) in [4.78, 5) is 29.5. The molecule has 1 aromatic carbocycles. The van der Waals surface area contributed by atoms with Crippen LogP contribution >= 0.6 is 11.8 Å². The number of nitrogens with zero attached hydrogens (tertiary/aromatic N) is 2. The maximum Gasteiger partial charge on any atom is 0.242 e. The number of rotatable bonds is 4. The number of benzene rings is 1. The van der Waals surface area contributed by atoms with Crippen molar-refractivity contribution in [1.29, 1.82) is 0 Å². The molecule has 1 heterocycles. The highest BCUT2D eigenvalue weighted by molar-refractivity contribution is 8.15. The van der Waals surface area contributed by atoms with Crippen molar-refractivity contribution in [2.75, 3.05) is 26.5 Å². The lowest BCUT2D eigenvalue weighted by Gasteiger charge is -2.09. The molecule has 21 heavy (non-hydrogen) atoms. The van der Waals surface area contributed by atoms with E-state index in [2.05, 4.69) is 10.3 Å². The van der Waals surface area contributed by atoms with Gasteiger partial charge in [-0.1, -0.05) is 17.8 Å². The number of thioether (sulfide) groups is 1. The summed E-state index contributed by atoms with van der Waals surface area (Å²) in [7, 11) is 4.86. The predicted molar refractivity (Wildman–Crippen MR) is 83.7 cm³/mol. The van der Waals surface area contributed by atoms with Crippen LogP contribution in [0.15, 0.2) is 29.3 Å². The first-order valence-corrected chi connectivity index (χ1v) is 7.28. The second-order valence-electron chi connectivity index (χ2n) is 4.49. The number of carbonyl (C=O) groups is 2. The Hall–Kier alpha value is -2.02. The van der Waals surface area contributed by atoms with E-state index < -0.39 is 5.25 Å². The second kappa shape index (κ2) is 6.62. The van der Waals surface area contributed by atoms with Crippen molar-refractivity contribution in [2.45, 2.75) is 11.7 Å². The normalized spacial score (nSPS) is 20.0. The second-order valence-corrected chi connectivity index (χ2v) is 5.66. The van der Waals surface area contributed by atoms with Gasteiger partial charge in [0, 0.05) is 32.3 Å². The van der Waals surface area contributed by atoms with Gasteiger partial charge in [0.15, 0.2) is 5.17 Å². The number of anilines is 1. The molecule has 7 heteroatoms. The van der Waals surface area contributed by atoms with Gasteiger partial charge in [0.2, 0.25) is 11.8 Å². The average Bonchev–Trinajstić information content (AvgIpc) is 2.75. The summed E-state index contributed by atoms with van der Waals surface area (Å²) in [5, 5.41) is 2.99. The van der Waals surface area contributed by atoms with Crippen LogP contribution in [0.2, 0.25) is 0 Å². The van der Waals surface area contributed by atoms with Gasteiger partial charge >= 0.3 is 0 Å². The third-order valence-corrected chi connectivity index (χ3v) is 4.38. The molecule has 0 radical (unpaired) electrons. The van der Waals surface area contributed by atoms with E-state index in [9.17, 15) is 9.59 Å². The molecule has 1 atom stereocenters. The summed E-state index contributed by atoms with van der Waals surface area (Å²) >= 11 is 1.31. The Labute approximate surface area is 127 Å². The molecule has 2 rings (SSSR count). The number of methoxy groups -OCH3 is 1. The minimum atomic E-state index is -0.417. The molecule has 0 spiro atoms. The van der Waals surface area contributed by atoms with Crippen LogP contribution in [0.1, 0.15) is 6.42 Å². The summed E-state index contributed by atoms with van der Waals surface area (Å²) in [6.45, 7) is 0. The maximum absolute atomic E-state index is 12.0. The molecule has 1 N–H and O–H groups in total. The Morgan fingerprint density at radius 2 is 2.29 bits per heavy atom. The number of amides is 2. The van der Waals surface area contributed by atoms with E-state index >= 15 is 0 Å². The van der Waals surface area contributed by atoms with Crippen molar-refractivity contribution in [1.82, 2.24) is 4.90 Å². The Bertz CT molecular complexity index is 589. The van der Waals surface area contributed by atoms with Crippen LogP contribution in [0.3, 0.4) is 0 Å². The van der Waals surface area contributed by atoms with Gasteiger partial charge in [0.05, 0.1) is 7.11 Å². The van der Waals surface area contributed by atoms with Crippen LogP contribution in [0.4, 0.5) is 5.69 Å². The molecule has 112 valence electrons. The van der Waals surface area contributed by atoms with Crippen molar-refractivity contribution in [3.63, 3.8) is 0 Å². The zero-order chi connectivity index (χ0) is 15.4. The molecular weight excluding hydrogens is 290 g/mol. The number of aliphatic imine (C=N–C) groups is 1. The number of hydrogen-bond acceptors (Lipinski definition) is 5. The molecule has 1 aromatic rings. The number of amidine groups is 1. The number of nitrogens with one attached hydrogen (secondary N) is 1. The van der Waals surface area contributed by atoms with Crippen molar-refractivity contribution in [2.24, 2.45) is 4.99 Å². The zero-order valence-corrected chi connectivity index (χ0v) is 12.9. The lowest BCUT2D eigenvalue weighted by molar-refractivity contribution is -0.127. The van der Waals surface area contributed by atoms with Gasteiger partial charge in [-0.05, 0) is 12.1 Å². The van der Waals surface area contributed by atoms with E-state index in [-0.39, 0.29) is 18.2 Å². The fourth-order valence-electron chi connectivity index (χ4n) is 1.98. The van der Waals surface area contributed by atoms with E-state index in [0.29, 0.717) is 16.6 Å². The zero-order valence-electron chi connectivity index (χ0n) is 12.1. The molecular formula is C14H17N3O3S. The highest BCUT2D eigenvalue weighted by Gasteiger charge is 2.36. The van der Waals surface area contributed by atoms with Gasteiger partial charge in [-0.2, -0.15) is 0 Å². The summed E-state index contributed by atoms with van der Waals surface area (Å²) in [6, 6.07) is 7.09. The Morgan fingerprint density at radius 1 is 1.52 bits per heavy atom. The average molecular weight is 307 g/mol. The molecule has 1 aliphatic heterocycles. The van der Waals surface area contributed by atoms with Crippen molar-refractivity contribution >= 4 is 34.4 Å². The number of carbonyl (C=O) groups excluding carboxylic acids is 2. The van der Waals surface area contributed by atoms with Crippen LogP contribution in [-0.4, -0.2) is 48.3 Å². The SMILES string of the molecule is CN=C1SC(CC(=O)Nc2cccc(OC)c2)C(=O)N1C. The fourth-order valence-corrected chi connectivity index (χ4v) is 3.08. The minimum absolute atomic E-state index is 0.0959. The van der Waals surface area contributed by atoms with Crippen LogP contribution in [0.5, 0.6) is 5.75 Å². The van der Waals surface area contributed by atoms with E-state index in [0.717, 1.165) is 0 Å². The van der Waals surface area contributed by atoms with Crippen LogP contribution in [0.25, 0.3) is 0 Å². The predicted octanol–water partition coefficient (Wildman–Crippen LogP) is 1.58. The summed E-state index contributed by atoms with van der Waals surface area (Å²) in [5.74, 6) is 0.362. The van der Waals surface area contributed by atoms with Crippen molar-refractivity contribution in [3.8, 4) is 5.75 Å². The van der Waals surface area contributed by atoms with Crippen LogP contribution < -0.4 is 10.1 Å². The van der Waals surface area contributed by atoms with Gasteiger partial charge in [0.1, 0.15) is 11.0 Å². The van der Waals surface area contributed by atoms with Gasteiger partial charge < -0.3 is 10.1 Å².